The molecule has 21 heavy (non-hydrogen) atoms. The molecule has 2 rings (SSSR count). The van der Waals surface area contributed by atoms with Crippen LogP contribution in [0.2, 0.25) is 5.02 Å². The summed E-state index contributed by atoms with van der Waals surface area (Å²) in [5.74, 6) is 2.00. The minimum Gasteiger partial charge on any atom is -0.495 e. The molecule has 0 spiro atoms. The van der Waals surface area contributed by atoms with Crippen molar-refractivity contribution in [2.75, 3.05) is 32.7 Å². The van der Waals surface area contributed by atoms with Gasteiger partial charge in [0.15, 0.2) is 0 Å². The minimum atomic E-state index is 0.412. The van der Waals surface area contributed by atoms with Crippen molar-refractivity contribution >= 4 is 17.3 Å². The summed E-state index contributed by atoms with van der Waals surface area (Å²) in [6, 6.07) is 4.77. The lowest BCUT2D eigenvalue weighted by Gasteiger charge is -2.44. The number of nitrogens with zero attached hydrogens (tertiary/aromatic N) is 1. The fourth-order valence-corrected chi connectivity index (χ4v) is 3.42. The zero-order valence-electron chi connectivity index (χ0n) is 13.4. The first kappa shape index (κ1) is 16.2. The molecular weight excluding hydrogens is 288 g/mol. The third-order valence-corrected chi connectivity index (χ3v) is 5.00. The molecule has 0 amide bonds. The van der Waals surface area contributed by atoms with E-state index in [1.165, 1.54) is 0 Å². The van der Waals surface area contributed by atoms with Crippen molar-refractivity contribution in [3.8, 4) is 11.5 Å². The maximum Gasteiger partial charge on any atom is 0.145 e. The highest BCUT2D eigenvalue weighted by Crippen LogP contribution is 2.41. The van der Waals surface area contributed by atoms with Gasteiger partial charge in [-0.25, -0.2) is 0 Å². The van der Waals surface area contributed by atoms with Crippen LogP contribution in [0.5, 0.6) is 11.5 Å². The van der Waals surface area contributed by atoms with E-state index in [4.69, 9.17) is 21.1 Å². The van der Waals surface area contributed by atoms with Crippen molar-refractivity contribution < 1.29 is 9.47 Å². The molecule has 0 aliphatic carbocycles. The van der Waals surface area contributed by atoms with Gasteiger partial charge in [0.25, 0.3) is 0 Å². The van der Waals surface area contributed by atoms with Crippen molar-refractivity contribution in [2.24, 2.45) is 5.92 Å². The molecule has 3 unspecified atom stereocenters. The SMILES string of the molecule is CNC1CCN(c2cc(Cl)c(OC)cc2OC)C(C)C1C. The number of anilines is 1. The zero-order chi connectivity index (χ0) is 15.6. The largest absolute Gasteiger partial charge is 0.495 e. The van der Waals surface area contributed by atoms with Crippen molar-refractivity contribution in [1.82, 2.24) is 5.32 Å². The second kappa shape index (κ2) is 6.75. The van der Waals surface area contributed by atoms with E-state index in [0.717, 1.165) is 24.4 Å². The smallest absolute Gasteiger partial charge is 0.145 e. The second-order valence-electron chi connectivity index (χ2n) is 5.64. The Morgan fingerprint density at radius 3 is 2.43 bits per heavy atom. The number of nitrogens with one attached hydrogen (secondary N) is 1. The van der Waals surface area contributed by atoms with Gasteiger partial charge in [-0.15, -0.1) is 0 Å². The van der Waals surface area contributed by atoms with Crippen LogP contribution in [0.1, 0.15) is 20.3 Å². The van der Waals surface area contributed by atoms with Gasteiger partial charge >= 0.3 is 0 Å². The summed E-state index contributed by atoms with van der Waals surface area (Å²) >= 11 is 6.30. The highest BCUT2D eigenvalue weighted by Gasteiger charge is 2.33. The Balaban J connectivity index is 2.35. The molecule has 118 valence electrons. The molecule has 1 aromatic rings. The van der Waals surface area contributed by atoms with Crippen LogP contribution in [0.25, 0.3) is 0 Å². The van der Waals surface area contributed by atoms with E-state index in [1.807, 2.05) is 19.2 Å². The summed E-state index contributed by atoms with van der Waals surface area (Å²) in [5, 5.41) is 4.03. The van der Waals surface area contributed by atoms with E-state index in [9.17, 15) is 0 Å². The van der Waals surface area contributed by atoms with Gasteiger partial charge in [-0.05, 0) is 32.4 Å². The molecule has 1 N–H and O–H groups in total. The van der Waals surface area contributed by atoms with Crippen molar-refractivity contribution in [3.05, 3.63) is 17.2 Å². The van der Waals surface area contributed by atoms with E-state index >= 15 is 0 Å². The number of hydrogen-bond donors (Lipinski definition) is 1. The molecule has 1 aromatic carbocycles. The average Bonchev–Trinajstić information content (AvgIpc) is 2.49. The molecular formula is C16H25ClN2O2. The Labute approximate surface area is 132 Å². The fraction of sp³-hybridized carbons (Fsp3) is 0.625. The van der Waals surface area contributed by atoms with E-state index in [-0.39, 0.29) is 0 Å². The number of piperidine rings is 1. The van der Waals surface area contributed by atoms with Gasteiger partial charge in [0.1, 0.15) is 11.5 Å². The monoisotopic (exact) mass is 312 g/mol. The fourth-order valence-electron chi connectivity index (χ4n) is 3.18. The van der Waals surface area contributed by atoms with Gasteiger partial charge in [0, 0.05) is 24.7 Å². The van der Waals surface area contributed by atoms with E-state index < -0.39 is 0 Å². The normalized spacial score (nSPS) is 25.8. The third kappa shape index (κ3) is 3.06. The number of hydrogen-bond acceptors (Lipinski definition) is 4. The molecule has 1 heterocycles. The first-order valence-corrected chi connectivity index (χ1v) is 7.76. The van der Waals surface area contributed by atoms with Crippen LogP contribution in [0, 0.1) is 5.92 Å². The van der Waals surface area contributed by atoms with Crippen LogP contribution in [0.15, 0.2) is 12.1 Å². The van der Waals surface area contributed by atoms with Crippen LogP contribution in [-0.4, -0.2) is 39.9 Å². The highest BCUT2D eigenvalue weighted by molar-refractivity contribution is 6.32. The molecule has 0 aromatic heterocycles. The number of ether oxygens (including phenoxy) is 2. The molecule has 1 saturated heterocycles. The summed E-state index contributed by atoms with van der Waals surface area (Å²) in [6.45, 7) is 5.53. The lowest BCUT2D eigenvalue weighted by molar-refractivity contribution is 0.280. The minimum absolute atomic E-state index is 0.412. The lowest BCUT2D eigenvalue weighted by Crippen LogP contribution is -2.52. The molecule has 3 atom stereocenters. The maximum atomic E-state index is 6.30. The number of methoxy groups -OCH3 is 2. The Kier molecular flexibility index (Phi) is 5.22. The molecule has 0 radical (unpaired) electrons. The number of halogens is 1. The molecule has 0 saturated carbocycles. The molecule has 5 heteroatoms. The van der Waals surface area contributed by atoms with Crippen molar-refractivity contribution in [1.29, 1.82) is 0 Å². The molecule has 1 aliphatic rings. The summed E-state index contributed by atoms with van der Waals surface area (Å²) in [6.07, 6.45) is 1.11. The average molecular weight is 313 g/mol. The summed E-state index contributed by atoms with van der Waals surface area (Å²) in [4.78, 5) is 2.38. The Bertz CT molecular complexity index is 495. The number of benzene rings is 1. The van der Waals surface area contributed by atoms with Gasteiger partial charge in [-0.2, -0.15) is 0 Å². The summed E-state index contributed by atoms with van der Waals surface area (Å²) in [5.41, 5.74) is 1.04. The summed E-state index contributed by atoms with van der Waals surface area (Å²) < 4.78 is 10.8. The molecule has 4 nitrogen and oxygen atoms in total. The standard InChI is InChI=1S/C16H25ClN2O2/c1-10-11(2)19(7-6-13(10)18-3)14-8-12(17)15(20-4)9-16(14)21-5/h8-11,13,18H,6-7H2,1-5H3. The predicted molar refractivity (Wildman–Crippen MR) is 88.0 cm³/mol. The van der Waals surface area contributed by atoms with E-state index in [2.05, 4.69) is 24.1 Å². The van der Waals surface area contributed by atoms with Crippen molar-refractivity contribution in [2.45, 2.75) is 32.4 Å². The Hall–Kier alpha value is -1.13. The zero-order valence-corrected chi connectivity index (χ0v) is 14.2. The number of rotatable bonds is 4. The third-order valence-electron chi connectivity index (χ3n) is 4.70. The Morgan fingerprint density at radius 1 is 1.19 bits per heavy atom. The Morgan fingerprint density at radius 2 is 1.86 bits per heavy atom. The second-order valence-corrected chi connectivity index (χ2v) is 6.04. The van der Waals surface area contributed by atoms with Crippen molar-refractivity contribution in [3.63, 3.8) is 0 Å². The van der Waals surface area contributed by atoms with E-state index in [0.29, 0.717) is 28.8 Å². The van der Waals surface area contributed by atoms with Crippen LogP contribution in [-0.2, 0) is 0 Å². The topological polar surface area (TPSA) is 33.7 Å². The van der Waals surface area contributed by atoms with Crippen LogP contribution < -0.4 is 19.7 Å². The lowest BCUT2D eigenvalue weighted by atomic mass is 9.86. The first-order chi connectivity index (χ1) is 10.0. The van der Waals surface area contributed by atoms with Gasteiger partial charge in [-0.3, -0.25) is 0 Å². The summed E-state index contributed by atoms with van der Waals surface area (Å²) in [7, 11) is 5.33. The van der Waals surface area contributed by atoms with Crippen LogP contribution in [0.3, 0.4) is 0 Å². The molecule has 0 bridgehead atoms. The van der Waals surface area contributed by atoms with Gasteiger partial charge < -0.3 is 19.7 Å². The maximum absolute atomic E-state index is 6.30. The predicted octanol–water partition coefficient (Wildman–Crippen LogP) is 3.18. The van der Waals surface area contributed by atoms with Gasteiger partial charge in [0.05, 0.1) is 24.9 Å². The quantitative estimate of drug-likeness (QED) is 0.926. The van der Waals surface area contributed by atoms with Gasteiger partial charge in [-0.1, -0.05) is 18.5 Å². The van der Waals surface area contributed by atoms with Crippen LogP contribution >= 0.6 is 11.6 Å². The van der Waals surface area contributed by atoms with Crippen LogP contribution in [0.4, 0.5) is 5.69 Å². The van der Waals surface area contributed by atoms with E-state index in [1.54, 1.807) is 14.2 Å². The molecule has 1 aliphatic heterocycles. The molecule has 1 fully saturated rings. The van der Waals surface area contributed by atoms with Gasteiger partial charge in [0.2, 0.25) is 0 Å². The first-order valence-electron chi connectivity index (χ1n) is 7.38. The highest BCUT2D eigenvalue weighted by atomic mass is 35.5.